The van der Waals surface area contributed by atoms with Gasteiger partial charge in [-0.15, -0.1) is 0 Å². The van der Waals surface area contributed by atoms with Crippen LogP contribution in [-0.4, -0.2) is 26.1 Å². The minimum atomic E-state index is -0.0709. The smallest absolute Gasteiger partial charge is 0.281 e. The maximum atomic E-state index is 12.3. The van der Waals surface area contributed by atoms with Crippen LogP contribution in [0.15, 0.2) is 11.1 Å². The summed E-state index contributed by atoms with van der Waals surface area (Å²) in [6.07, 6.45) is 1.45. The molecule has 0 aromatic carbocycles. The number of anilines is 1. The van der Waals surface area contributed by atoms with Crippen LogP contribution in [-0.2, 0) is 6.54 Å². The predicted octanol–water partition coefficient (Wildman–Crippen LogP) is 1.48. The van der Waals surface area contributed by atoms with Crippen LogP contribution in [0.4, 0.5) is 5.95 Å². The molecule has 0 aliphatic carbocycles. The van der Waals surface area contributed by atoms with Gasteiger partial charge < -0.3 is 0 Å². The molecule has 0 fully saturated rings. The lowest BCUT2D eigenvalue weighted by atomic mass is 10.1. The van der Waals surface area contributed by atoms with Crippen LogP contribution in [0.3, 0.4) is 0 Å². The zero-order valence-electron chi connectivity index (χ0n) is 10.1. The highest BCUT2D eigenvalue weighted by atomic mass is 127. The monoisotopic (exact) mass is 357 g/mol. The summed E-state index contributed by atoms with van der Waals surface area (Å²) in [5.41, 5.74) is 1.81. The first-order chi connectivity index (χ1) is 8.59. The molecule has 1 aliphatic heterocycles. The summed E-state index contributed by atoms with van der Waals surface area (Å²) in [5.74, 6) is 0.916. The van der Waals surface area contributed by atoms with Gasteiger partial charge in [-0.25, -0.2) is 15.0 Å². The Morgan fingerprint density at radius 2 is 2.06 bits per heavy atom. The quantitative estimate of drug-likeness (QED) is 0.572. The van der Waals surface area contributed by atoms with E-state index in [9.17, 15) is 4.79 Å². The van der Waals surface area contributed by atoms with Crippen LogP contribution < -0.4 is 8.67 Å². The Bertz CT molecular complexity index is 681. The number of halogens is 1. The van der Waals surface area contributed by atoms with Crippen molar-refractivity contribution in [2.24, 2.45) is 0 Å². The van der Waals surface area contributed by atoms with Crippen molar-refractivity contribution in [3.8, 4) is 0 Å². The number of rotatable bonds is 1. The van der Waals surface area contributed by atoms with Gasteiger partial charge in [0.25, 0.3) is 5.56 Å². The molecule has 0 bridgehead atoms. The minimum absolute atomic E-state index is 0.0709. The first-order valence-corrected chi connectivity index (χ1v) is 6.75. The molecule has 0 unspecified atom stereocenters. The molecule has 0 spiro atoms. The molecule has 3 rings (SSSR count). The molecule has 2 aromatic rings. The summed E-state index contributed by atoms with van der Waals surface area (Å²) < 4.78 is 3.63. The van der Waals surface area contributed by atoms with Crippen molar-refractivity contribution in [1.82, 2.24) is 19.5 Å². The van der Waals surface area contributed by atoms with E-state index in [0.29, 0.717) is 23.5 Å². The van der Waals surface area contributed by atoms with E-state index in [-0.39, 0.29) is 11.5 Å². The van der Waals surface area contributed by atoms with Crippen LogP contribution in [0.2, 0.25) is 0 Å². The molecule has 6 nitrogen and oxygen atoms in total. The molecule has 7 heteroatoms. The van der Waals surface area contributed by atoms with E-state index in [4.69, 9.17) is 0 Å². The molecule has 2 aromatic heterocycles. The number of aromatic nitrogens is 4. The highest BCUT2D eigenvalue weighted by molar-refractivity contribution is 14.1. The van der Waals surface area contributed by atoms with Crippen LogP contribution in [0.25, 0.3) is 11.0 Å². The van der Waals surface area contributed by atoms with Gasteiger partial charge in [0.05, 0.1) is 28.6 Å². The zero-order chi connectivity index (χ0) is 12.9. The Labute approximate surface area is 118 Å². The van der Waals surface area contributed by atoms with Crippen LogP contribution >= 0.6 is 22.9 Å². The average molecular weight is 357 g/mol. The number of fused-ring (bicyclic) bond motifs is 2. The average Bonchev–Trinajstić information content (AvgIpc) is 2.71. The summed E-state index contributed by atoms with van der Waals surface area (Å²) in [5, 5.41) is 0. The molecular formula is C11H12IN5O. The largest absolute Gasteiger partial charge is 0.283 e. The van der Waals surface area contributed by atoms with Crippen molar-refractivity contribution >= 4 is 39.8 Å². The topological polar surface area (TPSA) is 63.9 Å². The van der Waals surface area contributed by atoms with Crippen LogP contribution in [0, 0.1) is 0 Å². The fourth-order valence-electron chi connectivity index (χ4n) is 2.14. The second-order valence-corrected chi connectivity index (χ2v) is 5.73. The highest BCUT2D eigenvalue weighted by Crippen LogP contribution is 2.25. The van der Waals surface area contributed by atoms with Crippen molar-refractivity contribution in [1.29, 1.82) is 0 Å². The first kappa shape index (κ1) is 11.8. The van der Waals surface area contributed by atoms with Gasteiger partial charge in [-0.05, 0) is 5.92 Å². The fraction of sp³-hybridized carbons (Fsp3) is 0.455. The molecular weight excluding hydrogens is 345 g/mol. The van der Waals surface area contributed by atoms with Gasteiger partial charge in [0, 0.05) is 13.1 Å². The van der Waals surface area contributed by atoms with E-state index in [2.05, 4.69) is 37.8 Å². The van der Waals surface area contributed by atoms with Gasteiger partial charge in [-0.3, -0.25) is 12.5 Å². The SMILES string of the molecule is CC(C)c1ncnc2c(=O)n3c(nc12)N(I)CC3. The molecule has 94 valence electrons. The van der Waals surface area contributed by atoms with Crippen LogP contribution in [0.1, 0.15) is 25.5 Å². The zero-order valence-corrected chi connectivity index (χ0v) is 12.2. The van der Waals surface area contributed by atoms with E-state index >= 15 is 0 Å². The van der Waals surface area contributed by atoms with E-state index in [0.717, 1.165) is 12.2 Å². The van der Waals surface area contributed by atoms with Gasteiger partial charge in [0.15, 0.2) is 5.52 Å². The normalized spacial score (nSPS) is 14.6. The summed E-state index contributed by atoms with van der Waals surface area (Å²) >= 11 is 2.17. The molecule has 3 heterocycles. The van der Waals surface area contributed by atoms with Crippen LogP contribution in [0.5, 0.6) is 0 Å². The molecule has 1 aliphatic rings. The van der Waals surface area contributed by atoms with Gasteiger partial charge in [-0.2, -0.15) is 0 Å². The maximum absolute atomic E-state index is 12.3. The molecule has 0 radical (unpaired) electrons. The second-order valence-electron chi connectivity index (χ2n) is 4.57. The molecule has 18 heavy (non-hydrogen) atoms. The highest BCUT2D eigenvalue weighted by Gasteiger charge is 2.23. The Morgan fingerprint density at radius 3 is 2.78 bits per heavy atom. The van der Waals surface area contributed by atoms with Gasteiger partial charge in [-0.1, -0.05) is 13.8 Å². The van der Waals surface area contributed by atoms with E-state index in [1.54, 1.807) is 4.57 Å². The lowest BCUT2D eigenvalue weighted by Gasteiger charge is -2.11. The third-order valence-electron chi connectivity index (χ3n) is 3.04. The number of hydrogen-bond acceptors (Lipinski definition) is 5. The third-order valence-corrected chi connectivity index (χ3v) is 3.95. The van der Waals surface area contributed by atoms with E-state index < -0.39 is 0 Å². The first-order valence-electron chi connectivity index (χ1n) is 5.78. The predicted molar refractivity (Wildman–Crippen MR) is 77.0 cm³/mol. The van der Waals surface area contributed by atoms with Crippen molar-refractivity contribution in [3.63, 3.8) is 0 Å². The lowest BCUT2D eigenvalue weighted by Crippen LogP contribution is -2.21. The molecule has 0 N–H and O–H groups in total. The minimum Gasteiger partial charge on any atom is -0.283 e. The molecule has 0 amide bonds. The standard InChI is InChI=1S/C11H12IN5O/c1-6(2)7-8-9(14-5-13-7)10(18)16-3-4-17(12)11(16)15-8/h5-6H,3-4H2,1-2H3. The summed E-state index contributed by atoms with van der Waals surface area (Å²) in [4.78, 5) is 25.3. The summed E-state index contributed by atoms with van der Waals surface area (Å²) in [6.45, 7) is 5.54. The van der Waals surface area contributed by atoms with Gasteiger partial charge in [0.2, 0.25) is 5.95 Å². The van der Waals surface area contributed by atoms with Gasteiger partial charge in [0.1, 0.15) is 11.8 Å². The number of hydrogen-bond donors (Lipinski definition) is 0. The molecule has 0 saturated carbocycles. The summed E-state index contributed by atoms with van der Waals surface area (Å²) in [7, 11) is 0. The lowest BCUT2D eigenvalue weighted by molar-refractivity contribution is 0.762. The Balaban J connectivity index is 2.42. The summed E-state index contributed by atoms with van der Waals surface area (Å²) in [6, 6.07) is 0. The Hall–Kier alpha value is -1.25. The fourth-order valence-corrected chi connectivity index (χ4v) is 2.72. The molecule has 0 saturated heterocycles. The van der Waals surface area contributed by atoms with Crippen molar-refractivity contribution < 1.29 is 0 Å². The number of nitrogens with zero attached hydrogens (tertiary/aromatic N) is 5. The van der Waals surface area contributed by atoms with Crippen molar-refractivity contribution in [3.05, 3.63) is 22.4 Å². The Kier molecular flexibility index (Phi) is 2.72. The van der Waals surface area contributed by atoms with E-state index in [1.807, 2.05) is 17.0 Å². The van der Waals surface area contributed by atoms with E-state index in [1.165, 1.54) is 6.33 Å². The van der Waals surface area contributed by atoms with Crippen molar-refractivity contribution in [2.45, 2.75) is 26.3 Å². The second kappa shape index (κ2) is 4.15. The Morgan fingerprint density at radius 1 is 1.28 bits per heavy atom. The van der Waals surface area contributed by atoms with Crippen molar-refractivity contribution in [2.75, 3.05) is 9.66 Å². The molecule has 0 atom stereocenters. The van der Waals surface area contributed by atoms with Gasteiger partial charge >= 0.3 is 0 Å². The third kappa shape index (κ3) is 1.60. The maximum Gasteiger partial charge on any atom is 0.281 e.